The molecule has 0 saturated carbocycles. The number of hydrogen-bond donors (Lipinski definition) is 1. The lowest BCUT2D eigenvalue weighted by Gasteiger charge is -2.39. The molecule has 1 aliphatic heterocycles. The largest absolute Gasteiger partial charge is 0.384 e. The number of anilines is 1. The van der Waals surface area contributed by atoms with Gasteiger partial charge in [0.25, 0.3) is 5.56 Å². The maximum absolute atomic E-state index is 13.2. The Morgan fingerprint density at radius 2 is 1.79 bits per heavy atom. The Morgan fingerprint density at radius 1 is 1.14 bits per heavy atom. The third-order valence-corrected chi connectivity index (χ3v) is 5.34. The van der Waals surface area contributed by atoms with Gasteiger partial charge in [0.15, 0.2) is 5.78 Å². The second kappa shape index (κ2) is 7.73. The van der Waals surface area contributed by atoms with Crippen molar-refractivity contribution in [2.75, 3.05) is 18.8 Å². The first kappa shape index (κ1) is 20.0. The van der Waals surface area contributed by atoms with Gasteiger partial charge in [-0.2, -0.15) is 0 Å². The summed E-state index contributed by atoms with van der Waals surface area (Å²) < 4.78 is 8.08. The Bertz CT molecular complexity index is 996. The number of nitrogens with zero attached hydrogens (tertiary/aromatic N) is 3. The minimum Gasteiger partial charge on any atom is -0.384 e. The van der Waals surface area contributed by atoms with Crippen molar-refractivity contribution in [3.63, 3.8) is 0 Å². The Labute approximate surface area is 163 Å². The Morgan fingerprint density at radius 3 is 2.43 bits per heavy atom. The molecule has 8 nitrogen and oxygen atoms in total. The SMILES string of the molecule is CC1CN(C(C)C(=O)c2c(N)n(C)c(=O)n(C)c2=O)CC(c2ccccc2)O1. The molecule has 3 atom stereocenters. The minimum absolute atomic E-state index is 0.0745. The van der Waals surface area contributed by atoms with E-state index < -0.39 is 23.1 Å². The van der Waals surface area contributed by atoms with Crippen molar-refractivity contribution >= 4 is 11.6 Å². The van der Waals surface area contributed by atoms with Gasteiger partial charge in [-0.3, -0.25) is 23.6 Å². The van der Waals surface area contributed by atoms with Crippen LogP contribution < -0.4 is 17.0 Å². The zero-order valence-corrected chi connectivity index (χ0v) is 16.6. The molecule has 8 heteroatoms. The van der Waals surface area contributed by atoms with Crippen molar-refractivity contribution in [1.82, 2.24) is 14.0 Å². The number of hydrogen-bond acceptors (Lipinski definition) is 6. The fourth-order valence-corrected chi connectivity index (χ4v) is 3.62. The van der Waals surface area contributed by atoms with E-state index in [1.807, 2.05) is 42.2 Å². The average molecular weight is 386 g/mol. The van der Waals surface area contributed by atoms with Crippen LogP contribution in [0.2, 0.25) is 0 Å². The number of nitrogen functional groups attached to an aromatic ring is 1. The number of carbonyl (C=O) groups is 1. The summed E-state index contributed by atoms with van der Waals surface area (Å²) in [5.41, 5.74) is 5.62. The van der Waals surface area contributed by atoms with Gasteiger partial charge in [0.1, 0.15) is 11.4 Å². The molecule has 1 aromatic heterocycles. The van der Waals surface area contributed by atoms with Crippen LogP contribution in [0, 0.1) is 0 Å². The number of nitrogens with two attached hydrogens (primary N) is 1. The quantitative estimate of drug-likeness (QED) is 0.777. The highest BCUT2D eigenvalue weighted by Gasteiger charge is 2.34. The molecule has 3 unspecified atom stereocenters. The van der Waals surface area contributed by atoms with Crippen LogP contribution in [0.1, 0.15) is 35.9 Å². The molecule has 1 aliphatic rings. The predicted molar refractivity (Wildman–Crippen MR) is 106 cm³/mol. The van der Waals surface area contributed by atoms with E-state index in [1.165, 1.54) is 14.1 Å². The summed E-state index contributed by atoms with van der Waals surface area (Å²) in [4.78, 5) is 39.7. The van der Waals surface area contributed by atoms with Crippen LogP contribution in [0.15, 0.2) is 39.9 Å². The summed E-state index contributed by atoms with van der Waals surface area (Å²) in [6.45, 7) is 4.79. The number of rotatable bonds is 4. The minimum atomic E-state index is -0.668. The molecule has 1 aromatic carbocycles. The summed E-state index contributed by atoms with van der Waals surface area (Å²) >= 11 is 0. The number of carbonyl (C=O) groups excluding carboxylic acids is 1. The fraction of sp³-hybridized carbons (Fsp3) is 0.450. The molecule has 2 heterocycles. The monoisotopic (exact) mass is 386 g/mol. The van der Waals surface area contributed by atoms with Gasteiger partial charge in [-0.25, -0.2) is 4.79 Å². The summed E-state index contributed by atoms with van der Waals surface area (Å²) in [6, 6.07) is 9.25. The Hall–Kier alpha value is -2.71. The fourth-order valence-electron chi connectivity index (χ4n) is 3.62. The normalized spacial score (nSPS) is 21.4. The van der Waals surface area contributed by atoms with Crippen LogP contribution in [0.4, 0.5) is 5.82 Å². The maximum Gasteiger partial charge on any atom is 0.332 e. The molecule has 0 aliphatic carbocycles. The van der Waals surface area contributed by atoms with E-state index in [4.69, 9.17) is 10.5 Å². The maximum atomic E-state index is 13.2. The van der Waals surface area contributed by atoms with Crippen molar-refractivity contribution in [2.24, 2.45) is 14.1 Å². The van der Waals surface area contributed by atoms with Gasteiger partial charge in [0.05, 0.1) is 18.2 Å². The lowest BCUT2D eigenvalue weighted by molar-refractivity contribution is -0.0850. The highest BCUT2D eigenvalue weighted by Crippen LogP contribution is 2.27. The topological polar surface area (TPSA) is 99.6 Å². The average Bonchev–Trinajstić information content (AvgIpc) is 2.70. The molecule has 2 N–H and O–H groups in total. The predicted octanol–water partition coefficient (Wildman–Crippen LogP) is 0.699. The Balaban J connectivity index is 1.92. The van der Waals surface area contributed by atoms with Crippen LogP contribution in [0.25, 0.3) is 0 Å². The van der Waals surface area contributed by atoms with Crippen molar-refractivity contribution in [2.45, 2.75) is 32.1 Å². The number of ketones is 1. The van der Waals surface area contributed by atoms with Gasteiger partial charge in [-0.05, 0) is 19.4 Å². The standard InChI is InChI=1S/C20H26N4O4/c1-12-10-24(11-15(28-12)14-8-6-5-7-9-14)13(2)17(25)16-18(21)22(3)20(27)23(4)19(16)26/h5-9,12-13,15H,10-11,21H2,1-4H3. The van der Waals surface area contributed by atoms with E-state index >= 15 is 0 Å². The first-order chi connectivity index (χ1) is 13.2. The zero-order chi connectivity index (χ0) is 20.6. The summed E-state index contributed by atoms with van der Waals surface area (Å²) in [5.74, 6) is -0.500. The highest BCUT2D eigenvalue weighted by molar-refractivity contribution is 6.03. The van der Waals surface area contributed by atoms with Crippen LogP contribution in [0.5, 0.6) is 0 Å². The molecule has 2 aromatic rings. The van der Waals surface area contributed by atoms with E-state index in [0.29, 0.717) is 13.1 Å². The van der Waals surface area contributed by atoms with E-state index in [9.17, 15) is 14.4 Å². The summed E-state index contributed by atoms with van der Waals surface area (Å²) in [6.07, 6.45) is -0.241. The number of ether oxygens (including phenoxy) is 1. The third kappa shape index (κ3) is 3.53. The van der Waals surface area contributed by atoms with Gasteiger partial charge in [-0.15, -0.1) is 0 Å². The van der Waals surface area contributed by atoms with Gasteiger partial charge < -0.3 is 10.5 Å². The van der Waals surface area contributed by atoms with Crippen molar-refractivity contribution in [1.29, 1.82) is 0 Å². The van der Waals surface area contributed by atoms with E-state index in [2.05, 4.69) is 0 Å². The molecule has 150 valence electrons. The second-order valence-corrected chi connectivity index (χ2v) is 7.31. The third-order valence-electron chi connectivity index (χ3n) is 5.34. The first-order valence-corrected chi connectivity index (χ1v) is 9.26. The summed E-state index contributed by atoms with van der Waals surface area (Å²) in [7, 11) is 2.79. The molecule has 1 saturated heterocycles. The second-order valence-electron chi connectivity index (χ2n) is 7.31. The zero-order valence-electron chi connectivity index (χ0n) is 16.6. The molecule has 1 fully saturated rings. The number of aromatic nitrogens is 2. The van der Waals surface area contributed by atoms with Crippen molar-refractivity contribution in [3.05, 3.63) is 62.3 Å². The lowest BCUT2D eigenvalue weighted by atomic mass is 10.0. The van der Waals surface area contributed by atoms with Gasteiger partial charge >= 0.3 is 5.69 Å². The molecule has 0 spiro atoms. The van der Waals surface area contributed by atoms with E-state index in [1.54, 1.807) is 6.92 Å². The van der Waals surface area contributed by atoms with Crippen molar-refractivity contribution in [3.8, 4) is 0 Å². The number of Topliss-reactive ketones (excluding diaryl/α,β-unsaturated/α-hetero) is 1. The molecule has 0 amide bonds. The number of morpholine rings is 1. The highest BCUT2D eigenvalue weighted by atomic mass is 16.5. The molecule has 0 radical (unpaired) electrons. The summed E-state index contributed by atoms with van der Waals surface area (Å²) in [5, 5.41) is 0. The molecule has 0 bridgehead atoms. The molecule has 3 rings (SSSR count). The van der Waals surface area contributed by atoms with Gasteiger partial charge in [0, 0.05) is 27.2 Å². The van der Waals surface area contributed by atoms with E-state index in [0.717, 1.165) is 14.7 Å². The van der Waals surface area contributed by atoms with Gasteiger partial charge in [0.2, 0.25) is 0 Å². The van der Waals surface area contributed by atoms with Crippen LogP contribution in [0.3, 0.4) is 0 Å². The van der Waals surface area contributed by atoms with E-state index in [-0.39, 0.29) is 23.6 Å². The van der Waals surface area contributed by atoms with Gasteiger partial charge in [-0.1, -0.05) is 30.3 Å². The molecular formula is C20H26N4O4. The van der Waals surface area contributed by atoms with Crippen LogP contribution in [-0.2, 0) is 18.8 Å². The lowest BCUT2D eigenvalue weighted by Crippen LogP contribution is -2.51. The van der Waals surface area contributed by atoms with Crippen LogP contribution >= 0.6 is 0 Å². The smallest absolute Gasteiger partial charge is 0.332 e. The van der Waals surface area contributed by atoms with Crippen molar-refractivity contribution < 1.29 is 9.53 Å². The molecular weight excluding hydrogens is 360 g/mol. The molecule has 28 heavy (non-hydrogen) atoms. The number of benzene rings is 1. The Kier molecular flexibility index (Phi) is 5.53. The van der Waals surface area contributed by atoms with Crippen LogP contribution in [-0.4, -0.2) is 45.1 Å². The first-order valence-electron chi connectivity index (χ1n) is 9.26.